The molecule has 0 aliphatic heterocycles. The molecule has 0 saturated carbocycles. The number of hydrogen-bond acceptors (Lipinski definition) is 1. The number of alkyl halides is 1. The second-order valence-corrected chi connectivity index (χ2v) is 4.63. The summed E-state index contributed by atoms with van der Waals surface area (Å²) in [4.78, 5) is 0. The molecule has 0 amide bonds. The summed E-state index contributed by atoms with van der Waals surface area (Å²) in [5.41, 5.74) is 1.84. The number of benzene rings is 1. The predicted octanol–water partition coefficient (Wildman–Crippen LogP) is 4.33. The van der Waals surface area contributed by atoms with E-state index in [9.17, 15) is 8.78 Å². The van der Waals surface area contributed by atoms with Gasteiger partial charge in [0.1, 0.15) is 5.76 Å². The predicted molar refractivity (Wildman–Crippen MR) is 67.7 cm³/mol. The van der Waals surface area contributed by atoms with Crippen molar-refractivity contribution in [3.63, 3.8) is 0 Å². The summed E-state index contributed by atoms with van der Waals surface area (Å²) in [5, 5.41) is 0. The average molecular weight is 250 g/mol. The minimum atomic E-state index is -0.417. The quantitative estimate of drug-likeness (QED) is 0.775. The molecule has 3 heteroatoms. The number of aryl methyl sites for hydroxylation is 1. The number of ether oxygens (including phenoxy) is 1. The van der Waals surface area contributed by atoms with Gasteiger partial charge in [0.15, 0.2) is 11.6 Å². The maximum atomic E-state index is 13.6. The molecule has 1 aliphatic carbocycles. The van der Waals surface area contributed by atoms with Gasteiger partial charge in [0, 0.05) is 12.3 Å². The Morgan fingerprint density at radius 1 is 1.28 bits per heavy atom. The largest absolute Gasteiger partial charge is 0.459 e. The molecule has 1 aliphatic rings. The Kier molecular flexibility index (Phi) is 3.80. The number of halogens is 2. The van der Waals surface area contributed by atoms with E-state index >= 15 is 0 Å². The second-order valence-electron chi connectivity index (χ2n) is 4.63. The van der Waals surface area contributed by atoms with Crippen LogP contribution in [0.3, 0.4) is 0 Å². The highest BCUT2D eigenvalue weighted by Gasteiger charge is 2.18. The Morgan fingerprint density at radius 2 is 2.06 bits per heavy atom. The van der Waals surface area contributed by atoms with Gasteiger partial charge in [0.05, 0.1) is 6.67 Å². The summed E-state index contributed by atoms with van der Waals surface area (Å²) in [6, 6.07) is 4.81. The summed E-state index contributed by atoms with van der Waals surface area (Å²) < 4.78 is 31.9. The fourth-order valence-electron chi connectivity index (χ4n) is 1.91. The van der Waals surface area contributed by atoms with Crippen molar-refractivity contribution in [1.29, 1.82) is 0 Å². The van der Waals surface area contributed by atoms with E-state index < -0.39 is 6.67 Å². The van der Waals surface area contributed by atoms with E-state index in [-0.39, 0.29) is 17.5 Å². The van der Waals surface area contributed by atoms with Gasteiger partial charge in [-0.05, 0) is 37.6 Å². The van der Waals surface area contributed by atoms with E-state index in [1.54, 1.807) is 18.2 Å². The Hall–Kier alpha value is -1.64. The second kappa shape index (κ2) is 5.34. The highest BCUT2D eigenvalue weighted by molar-refractivity contribution is 5.32. The van der Waals surface area contributed by atoms with Gasteiger partial charge in [-0.25, -0.2) is 4.39 Å². The van der Waals surface area contributed by atoms with Crippen molar-refractivity contribution < 1.29 is 13.5 Å². The van der Waals surface area contributed by atoms with Crippen LogP contribution in [0.1, 0.15) is 18.9 Å². The van der Waals surface area contributed by atoms with Crippen molar-refractivity contribution in [1.82, 2.24) is 0 Å². The van der Waals surface area contributed by atoms with Crippen LogP contribution in [-0.4, -0.2) is 6.67 Å². The standard InChI is InChI=1S/C15H16F2O/c1-10-3-6-15(14(17)7-10)18-13-5-4-11(2)12(8-13)9-16/h3-7,12H,8-9H2,1-2H3. The minimum absolute atomic E-state index is 0.154. The van der Waals surface area contributed by atoms with Crippen LogP contribution >= 0.6 is 0 Å². The maximum Gasteiger partial charge on any atom is 0.165 e. The molecule has 0 N–H and O–H groups in total. The molecule has 1 aromatic rings. The van der Waals surface area contributed by atoms with Crippen LogP contribution in [0.15, 0.2) is 41.7 Å². The number of allylic oxidation sites excluding steroid dienone is 4. The topological polar surface area (TPSA) is 9.23 Å². The number of hydrogen-bond donors (Lipinski definition) is 0. The molecule has 0 radical (unpaired) electrons. The molecule has 0 heterocycles. The molecule has 96 valence electrons. The Morgan fingerprint density at radius 3 is 2.72 bits per heavy atom. The minimum Gasteiger partial charge on any atom is -0.459 e. The zero-order chi connectivity index (χ0) is 13.1. The fraction of sp³-hybridized carbons (Fsp3) is 0.333. The van der Waals surface area contributed by atoms with Crippen LogP contribution in [0.25, 0.3) is 0 Å². The van der Waals surface area contributed by atoms with E-state index in [2.05, 4.69) is 0 Å². The molecule has 1 unspecified atom stereocenters. The molecular formula is C15H16F2O. The first kappa shape index (κ1) is 12.8. The van der Waals surface area contributed by atoms with Crippen molar-refractivity contribution in [2.75, 3.05) is 6.67 Å². The van der Waals surface area contributed by atoms with Gasteiger partial charge < -0.3 is 4.74 Å². The third-order valence-electron chi connectivity index (χ3n) is 3.14. The normalized spacial score (nSPS) is 19.2. The first-order chi connectivity index (χ1) is 8.60. The lowest BCUT2D eigenvalue weighted by Gasteiger charge is -2.20. The van der Waals surface area contributed by atoms with E-state index in [1.807, 2.05) is 19.9 Å². The molecule has 0 saturated heterocycles. The average Bonchev–Trinajstić information content (AvgIpc) is 2.35. The molecule has 18 heavy (non-hydrogen) atoms. The smallest absolute Gasteiger partial charge is 0.165 e. The van der Waals surface area contributed by atoms with E-state index in [1.165, 1.54) is 6.07 Å². The van der Waals surface area contributed by atoms with Gasteiger partial charge >= 0.3 is 0 Å². The van der Waals surface area contributed by atoms with E-state index in [0.29, 0.717) is 12.2 Å². The highest BCUT2D eigenvalue weighted by Crippen LogP contribution is 2.28. The van der Waals surface area contributed by atoms with E-state index in [4.69, 9.17) is 4.74 Å². The van der Waals surface area contributed by atoms with Gasteiger partial charge in [0.2, 0.25) is 0 Å². The molecule has 2 rings (SSSR count). The lowest BCUT2D eigenvalue weighted by atomic mass is 9.93. The Balaban J connectivity index is 2.15. The maximum absolute atomic E-state index is 13.6. The van der Waals surface area contributed by atoms with Crippen LogP contribution in [0, 0.1) is 18.7 Å². The molecule has 1 nitrogen and oxygen atoms in total. The SMILES string of the molecule is CC1=CC=C(Oc2ccc(C)cc2F)CC1CF. The van der Waals surface area contributed by atoms with Crippen molar-refractivity contribution >= 4 is 0 Å². The van der Waals surface area contributed by atoms with Gasteiger partial charge in [-0.2, -0.15) is 0 Å². The van der Waals surface area contributed by atoms with E-state index in [0.717, 1.165) is 11.1 Å². The lowest BCUT2D eigenvalue weighted by molar-refractivity contribution is 0.323. The van der Waals surface area contributed by atoms with Gasteiger partial charge in [-0.15, -0.1) is 0 Å². The monoisotopic (exact) mass is 250 g/mol. The first-order valence-corrected chi connectivity index (χ1v) is 5.97. The molecular weight excluding hydrogens is 234 g/mol. The summed E-state index contributed by atoms with van der Waals surface area (Å²) in [7, 11) is 0. The fourth-order valence-corrected chi connectivity index (χ4v) is 1.91. The van der Waals surface area contributed by atoms with Crippen molar-refractivity contribution in [3.8, 4) is 5.75 Å². The van der Waals surface area contributed by atoms with Crippen LogP contribution in [0.2, 0.25) is 0 Å². The van der Waals surface area contributed by atoms with Gasteiger partial charge in [-0.3, -0.25) is 4.39 Å². The third kappa shape index (κ3) is 2.78. The summed E-state index contributed by atoms with van der Waals surface area (Å²) >= 11 is 0. The van der Waals surface area contributed by atoms with Crippen LogP contribution < -0.4 is 4.74 Å². The van der Waals surface area contributed by atoms with Crippen LogP contribution in [-0.2, 0) is 0 Å². The van der Waals surface area contributed by atoms with Crippen molar-refractivity contribution in [2.45, 2.75) is 20.3 Å². The zero-order valence-electron chi connectivity index (χ0n) is 10.5. The highest BCUT2D eigenvalue weighted by atomic mass is 19.1. The summed E-state index contributed by atoms with van der Waals surface area (Å²) in [6.45, 7) is 3.29. The molecule has 0 aromatic heterocycles. The zero-order valence-corrected chi connectivity index (χ0v) is 10.5. The molecule has 1 atom stereocenters. The lowest BCUT2D eigenvalue weighted by Crippen LogP contribution is -2.12. The molecule has 0 bridgehead atoms. The Bertz CT molecular complexity index is 503. The van der Waals surface area contributed by atoms with Crippen LogP contribution in [0.4, 0.5) is 8.78 Å². The first-order valence-electron chi connectivity index (χ1n) is 5.97. The van der Waals surface area contributed by atoms with Gasteiger partial charge in [-0.1, -0.05) is 17.7 Å². The molecule has 1 aromatic carbocycles. The summed E-state index contributed by atoms with van der Waals surface area (Å²) in [5.74, 6) is 0.251. The van der Waals surface area contributed by atoms with Gasteiger partial charge in [0.25, 0.3) is 0 Å². The molecule has 0 fully saturated rings. The summed E-state index contributed by atoms with van der Waals surface area (Å²) in [6.07, 6.45) is 4.09. The van der Waals surface area contributed by atoms with Crippen molar-refractivity contribution in [3.05, 3.63) is 53.1 Å². The third-order valence-corrected chi connectivity index (χ3v) is 3.14. The Labute approximate surface area is 106 Å². The van der Waals surface area contributed by atoms with Crippen LogP contribution in [0.5, 0.6) is 5.75 Å². The number of rotatable bonds is 3. The molecule has 0 spiro atoms. The van der Waals surface area contributed by atoms with Crippen molar-refractivity contribution in [2.24, 2.45) is 5.92 Å².